The summed E-state index contributed by atoms with van der Waals surface area (Å²) >= 11 is 0. The number of ether oxygens (including phenoxy) is 2. The molecule has 0 heterocycles. The van der Waals surface area contributed by atoms with E-state index in [2.05, 4.69) is 74.6 Å². The van der Waals surface area contributed by atoms with E-state index in [1.807, 2.05) is 21.1 Å². The summed E-state index contributed by atoms with van der Waals surface area (Å²) in [7, 11) is 1.14. The van der Waals surface area contributed by atoms with Gasteiger partial charge in [-0.05, 0) is 57.8 Å². The van der Waals surface area contributed by atoms with Crippen molar-refractivity contribution in [2.45, 2.75) is 180 Å². The van der Waals surface area contributed by atoms with Gasteiger partial charge in [0, 0.05) is 12.8 Å². The molecule has 10 heteroatoms. The molecule has 0 aromatic carbocycles. The first-order valence-corrected chi connectivity index (χ1v) is 24.0. The molecule has 0 amide bonds. The summed E-state index contributed by atoms with van der Waals surface area (Å²) in [6, 6.07) is 0. The first kappa shape index (κ1) is 54.7. The Balaban J connectivity index is 4.42. The van der Waals surface area contributed by atoms with E-state index in [9.17, 15) is 19.0 Å². The number of hydrogen-bond acceptors (Lipinski definition) is 8. The second kappa shape index (κ2) is 39.2. The molecular weight excluding hydrogens is 737 g/mol. The van der Waals surface area contributed by atoms with Crippen LogP contribution < -0.4 is 4.89 Å². The third kappa shape index (κ3) is 43.1. The Kier molecular flexibility index (Phi) is 37.6. The van der Waals surface area contributed by atoms with E-state index in [0.717, 1.165) is 70.6 Å². The van der Waals surface area contributed by atoms with Gasteiger partial charge in [0.25, 0.3) is 7.82 Å². The summed E-state index contributed by atoms with van der Waals surface area (Å²) in [5.74, 6) is -0.872. The highest BCUT2D eigenvalue weighted by Gasteiger charge is 2.21. The Labute approximate surface area is 349 Å². The molecule has 0 aliphatic rings. The molecule has 1 unspecified atom stereocenters. The minimum Gasteiger partial charge on any atom is -0.756 e. The minimum atomic E-state index is -4.64. The monoisotopic (exact) mass is 822 g/mol. The Morgan fingerprint density at radius 2 is 1.00 bits per heavy atom. The van der Waals surface area contributed by atoms with Crippen LogP contribution in [-0.4, -0.2) is 70.0 Å². The van der Waals surface area contributed by atoms with Gasteiger partial charge in [0.05, 0.1) is 27.7 Å². The number of rotatable bonds is 40. The van der Waals surface area contributed by atoms with E-state index in [4.69, 9.17) is 18.5 Å². The molecule has 0 radical (unpaired) electrons. The molecule has 0 bridgehead atoms. The van der Waals surface area contributed by atoms with E-state index in [1.54, 1.807) is 0 Å². The molecule has 0 N–H and O–H groups in total. The third-order valence-electron chi connectivity index (χ3n) is 9.30. The Bertz CT molecular complexity index is 1160. The van der Waals surface area contributed by atoms with Crippen LogP contribution in [-0.2, 0) is 32.7 Å². The highest BCUT2D eigenvalue weighted by atomic mass is 31.2. The first-order chi connectivity index (χ1) is 27.5. The second-order valence-corrected chi connectivity index (χ2v) is 17.4. The van der Waals surface area contributed by atoms with E-state index < -0.39 is 32.5 Å². The predicted octanol–water partition coefficient (Wildman–Crippen LogP) is 12.2. The molecule has 0 fully saturated rings. The van der Waals surface area contributed by atoms with Gasteiger partial charge in [-0.25, -0.2) is 0 Å². The summed E-state index contributed by atoms with van der Waals surface area (Å²) in [6.07, 6.45) is 46.7. The molecule has 2 atom stereocenters. The molecule has 330 valence electrons. The zero-order chi connectivity index (χ0) is 42.1. The van der Waals surface area contributed by atoms with Crippen molar-refractivity contribution < 1.29 is 42.1 Å². The van der Waals surface area contributed by atoms with Crippen LogP contribution in [0.1, 0.15) is 174 Å². The number of esters is 2. The predicted molar refractivity (Wildman–Crippen MR) is 236 cm³/mol. The summed E-state index contributed by atoms with van der Waals surface area (Å²) in [6.45, 7) is 4.07. The number of hydrogen-bond donors (Lipinski definition) is 0. The lowest BCUT2D eigenvalue weighted by Crippen LogP contribution is -2.37. The van der Waals surface area contributed by atoms with Gasteiger partial charge in [0.2, 0.25) is 0 Å². The third-order valence-corrected chi connectivity index (χ3v) is 10.3. The summed E-state index contributed by atoms with van der Waals surface area (Å²) < 4.78 is 33.9. The van der Waals surface area contributed by atoms with E-state index in [-0.39, 0.29) is 26.1 Å². The average molecular weight is 822 g/mol. The van der Waals surface area contributed by atoms with Crippen molar-refractivity contribution in [2.75, 3.05) is 47.5 Å². The lowest BCUT2D eigenvalue weighted by atomic mass is 10.0. The minimum absolute atomic E-state index is 0.0392. The van der Waals surface area contributed by atoms with Crippen molar-refractivity contribution in [3.05, 3.63) is 60.8 Å². The van der Waals surface area contributed by atoms with Crippen LogP contribution in [0.3, 0.4) is 0 Å². The van der Waals surface area contributed by atoms with Crippen LogP contribution in [0.15, 0.2) is 60.8 Å². The van der Waals surface area contributed by atoms with Gasteiger partial charge in [0.1, 0.15) is 19.8 Å². The summed E-state index contributed by atoms with van der Waals surface area (Å²) in [5, 5.41) is 0. The van der Waals surface area contributed by atoms with Crippen LogP contribution in [0.25, 0.3) is 0 Å². The van der Waals surface area contributed by atoms with Gasteiger partial charge >= 0.3 is 11.9 Å². The fraction of sp³-hybridized carbons (Fsp3) is 0.745. The Morgan fingerprint density at radius 1 is 0.561 bits per heavy atom. The zero-order valence-corrected chi connectivity index (χ0v) is 37.9. The van der Waals surface area contributed by atoms with Gasteiger partial charge in [0.15, 0.2) is 6.10 Å². The van der Waals surface area contributed by atoms with Gasteiger partial charge in [-0.15, -0.1) is 0 Å². The molecule has 0 spiro atoms. The standard InChI is InChI=1S/C47H84NO8P/c1-6-8-10-12-14-16-18-20-22-23-24-25-26-28-30-32-34-36-38-40-47(50)56-45(44-55-57(51,52)54-42-41-48(3,4)5)43-53-46(49)39-37-35-33-31-29-27-21-19-17-15-13-11-9-7-2/h8,10,14,16,20,22,24-25,28,30,45H,6-7,9,11-13,15,17-19,21,23,26-27,29,31-44H2,1-5H3/b10-8-,16-14-,22-20-,25-24-,30-28-/t45-/m1/s1. The number of carbonyl (C=O) groups excluding carboxylic acids is 2. The molecule has 57 heavy (non-hydrogen) atoms. The van der Waals surface area contributed by atoms with E-state index >= 15 is 0 Å². The smallest absolute Gasteiger partial charge is 0.306 e. The van der Waals surface area contributed by atoms with Gasteiger partial charge < -0.3 is 27.9 Å². The average Bonchev–Trinajstić information content (AvgIpc) is 3.16. The highest BCUT2D eigenvalue weighted by molar-refractivity contribution is 7.45. The summed E-state index contributed by atoms with van der Waals surface area (Å²) in [5.41, 5.74) is 0. The first-order valence-electron chi connectivity index (χ1n) is 22.5. The fourth-order valence-electron chi connectivity index (χ4n) is 5.80. The van der Waals surface area contributed by atoms with Crippen molar-refractivity contribution in [3.63, 3.8) is 0 Å². The lowest BCUT2D eigenvalue weighted by molar-refractivity contribution is -0.870. The van der Waals surface area contributed by atoms with Gasteiger partial charge in [-0.3, -0.25) is 14.2 Å². The molecule has 0 aliphatic heterocycles. The normalized spacial score (nSPS) is 14.1. The highest BCUT2D eigenvalue weighted by Crippen LogP contribution is 2.38. The fourth-order valence-corrected chi connectivity index (χ4v) is 6.53. The molecular formula is C47H84NO8P. The Hall–Kier alpha value is -2.29. The zero-order valence-electron chi connectivity index (χ0n) is 37.0. The van der Waals surface area contributed by atoms with Gasteiger partial charge in [-0.1, -0.05) is 164 Å². The molecule has 0 saturated heterocycles. The van der Waals surface area contributed by atoms with Crippen molar-refractivity contribution in [2.24, 2.45) is 0 Å². The number of allylic oxidation sites excluding steroid dienone is 10. The van der Waals surface area contributed by atoms with E-state index in [0.29, 0.717) is 17.4 Å². The van der Waals surface area contributed by atoms with E-state index in [1.165, 1.54) is 70.6 Å². The molecule has 9 nitrogen and oxygen atoms in total. The topological polar surface area (TPSA) is 111 Å². The largest absolute Gasteiger partial charge is 0.756 e. The second-order valence-electron chi connectivity index (χ2n) is 16.0. The van der Waals surface area contributed by atoms with Crippen LogP contribution >= 0.6 is 7.82 Å². The number of phosphoric ester groups is 1. The maximum absolute atomic E-state index is 12.7. The van der Waals surface area contributed by atoms with Gasteiger partial charge in [-0.2, -0.15) is 0 Å². The van der Waals surface area contributed by atoms with Crippen LogP contribution in [0.5, 0.6) is 0 Å². The Morgan fingerprint density at radius 3 is 1.49 bits per heavy atom. The number of nitrogens with zero attached hydrogens (tertiary/aromatic N) is 1. The molecule has 0 aromatic rings. The summed E-state index contributed by atoms with van der Waals surface area (Å²) in [4.78, 5) is 37.5. The van der Waals surface area contributed by atoms with Crippen molar-refractivity contribution >= 4 is 19.8 Å². The SMILES string of the molecule is CC/C=C\C/C=C\C/C=C\C/C=C\C/C=C\CCCCCC(=O)O[C@H](COC(=O)CCCCCCCCCCCCCCCC)COP(=O)([O-])OCC[N+](C)(C)C. The number of unbranched alkanes of at least 4 members (excludes halogenated alkanes) is 16. The molecule has 0 rings (SSSR count). The maximum Gasteiger partial charge on any atom is 0.306 e. The van der Waals surface area contributed by atoms with Crippen LogP contribution in [0, 0.1) is 0 Å². The molecule has 0 aliphatic carbocycles. The number of carbonyl (C=O) groups is 2. The number of phosphoric acid groups is 1. The van der Waals surface area contributed by atoms with Crippen molar-refractivity contribution in [3.8, 4) is 0 Å². The van der Waals surface area contributed by atoms with Crippen molar-refractivity contribution in [1.82, 2.24) is 0 Å². The molecule has 0 saturated carbocycles. The maximum atomic E-state index is 12.7. The number of quaternary nitrogens is 1. The lowest BCUT2D eigenvalue weighted by Gasteiger charge is -2.28. The quantitative estimate of drug-likeness (QED) is 0.0197. The number of likely N-dealkylation sites (N-methyl/N-ethyl adjacent to an activating group) is 1. The van der Waals surface area contributed by atoms with Crippen LogP contribution in [0.2, 0.25) is 0 Å². The van der Waals surface area contributed by atoms with Crippen molar-refractivity contribution in [1.29, 1.82) is 0 Å². The van der Waals surface area contributed by atoms with Crippen LogP contribution in [0.4, 0.5) is 0 Å². The molecule has 0 aromatic heterocycles.